The number of carbonyl (C=O) groups excluding carboxylic acids is 1. The summed E-state index contributed by atoms with van der Waals surface area (Å²) in [5, 5.41) is 0. The maximum Gasteiger partial charge on any atom is 0.314 e. The predicted molar refractivity (Wildman–Crippen MR) is 92.4 cm³/mol. The molecule has 1 aliphatic heterocycles. The highest BCUT2D eigenvalue weighted by molar-refractivity contribution is 5.78. The number of hydrogen-bond donors (Lipinski definition) is 0. The van der Waals surface area contributed by atoms with E-state index in [2.05, 4.69) is 24.0 Å². The normalized spacial score (nSPS) is 24.5. The summed E-state index contributed by atoms with van der Waals surface area (Å²) in [6, 6.07) is 10.3. The summed E-state index contributed by atoms with van der Waals surface area (Å²) < 4.78 is 5.93. The molecule has 0 aromatic heterocycles. The Balaban J connectivity index is 1.71. The molecule has 2 aliphatic rings. The molecule has 1 aliphatic carbocycles. The van der Waals surface area contributed by atoms with Crippen LogP contribution in [0.5, 0.6) is 0 Å². The minimum absolute atomic E-state index is 0.00560. The van der Waals surface area contributed by atoms with Crippen LogP contribution >= 0.6 is 0 Å². The van der Waals surface area contributed by atoms with Gasteiger partial charge < -0.3 is 4.74 Å². The minimum Gasteiger partial charge on any atom is -0.460 e. The van der Waals surface area contributed by atoms with E-state index in [1.165, 1.54) is 19.3 Å². The van der Waals surface area contributed by atoms with Gasteiger partial charge in [-0.15, -0.1) is 0 Å². The van der Waals surface area contributed by atoms with Gasteiger partial charge in [-0.2, -0.15) is 0 Å². The Morgan fingerprint density at radius 1 is 1.17 bits per heavy atom. The molecule has 1 saturated heterocycles. The van der Waals surface area contributed by atoms with Gasteiger partial charge in [0.25, 0.3) is 0 Å². The molecule has 0 N–H and O–H groups in total. The van der Waals surface area contributed by atoms with E-state index < -0.39 is 0 Å². The van der Waals surface area contributed by atoms with Crippen LogP contribution in [0, 0.1) is 5.92 Å². The molecule has 0 radical (unpaired) electrons. The molecule has 1 saturated carbocycles. The summed E-state index contributed by atoms with van der Waals surface area (Å²) in [7, 11) is 0. The average molecular weight is 315 g/mol. The number of esters is 1. The molecule has 23 heavy (non-hydrogen) atoms. The number of likely N-dealkylation sites (tertiary alicyclic amines) is 1. The molecule has 1 aromatic carbocycles. The second kappa shape index (κ2) is 7.96. The van der Waals surface area contributed by atoms with Crippen molar-refractivity contribution in [1.82, 2.24) is 4.90 Å². The zero-order chi connectivity index (χ0) is 16.1. The Hall–Kier alpha value is -1.35. The summed E-state index contributed by atoms with van der Waals surface area (Å²) in [6.07, 6.45) is 7.16. The summed E-state index contributed by atoms with van der Waals surface area (Å²) in [4.78, 5) is 15.3. The smallest absolute Gasteiger partial charge is 0.314 e. The molecule has 126 valence electrons. The van der Waals surface area contributed by atoms with Crippen LogP contribution in [0.3, 0.4) is 0 Å². The van der Waals surface area contributed by atoms with Crippen molar-refractivity contribution in [2.45, 2.75) is 57.5 Å². The molecule has 0 bridgehead atoms. The fourth-order valence-electron chi connectivity index (χ4n) is 4.15. The first-order chi connectivity index (χ1) is 11.3. The Kier molecular flexibility index (Phi) is 5.71. The number of benzene rings is 1. The molecule has 3 heteroatoms. The van der Waals surface area contributed by atoms with Crippen LogP contribution in [0.2, 0.25) is 0 Å². The third-order valence-electron chi connectivity index (χ3n) is 5.49. The Morgan fingerprint density at radius 3 is 2.57 bits per heavy atom. The highest BCUT2D eigenvalue weighted by Crippen LogP contribution is 2.37. The minimum atomic E-state index is -0.0767. The van der Waals surface area contributed by atoms with Crippen LogP contribution in [0.25, 0.3) is 0 Å². The molecule has 1 heterocycles. The van der Waals surface area contributed by atoms with Crippen LogP contribution in [0.15, 0.2) is 30.3 Å². The van der Waals surface area contributed by atoms with Gasteiger partial charge in [0.1, 0.15) is 6.10 Å². The molecular weight excluding hydrogens is 286 g/mol. The van der Waals surface area contributed by atoms with Crippen LogP contribution in [-0.2, 0) is 9.53 Å². The van der Waals surface area contributed by atoms with E-state index in [0.29, 0.717) is 5.92 Å². The highest BCUT2D eigenvalue weighted by Gasteiger charge is 2.34. The van der Waals surface area contributed by atoms with Crippen molar-refractivity contribution in [3.63, 3.8) is 0 Å². The maximum atomic E-state index is 13.0. The lowest BCUT2D eigenvalue weighted by molar-refractivity contribution is -0.152. The van der Waals surface area contributed by atoms with E-state index in [1.54, 1.807) is 0 Å². The van der Waals surface area contributed by atoms with E-state index in [0.717, 1.165) is 44.5 Å². The Morgan fingerprint density at radius 2 is 1.91 bits per heavy atom. The predicted octanol–water partition coefficient (Wildman–Crippen LogP) is 3.99. The van der Waals surface area contributed by atoms with Crippen molar-refractivity contribution >= 4 is 5.97 Å². The van der Waals surface area contributed by atoms with Gasteiger partial charge in [-0.25, -0.2) is 0 Å². The van der Waals surface area contributed by atoms with E-state index in [-0.39, 0.29) is 18.0 Å². The molecular formula is C20H29NO2. The zero-order valence-corrected chi connectivity index (χ0v) is 14.2. The second-order valence-electron chi connectivity index (χ2n) is 7.03. The third-order valence-corrected chi connectivity index (χ3v) is 5.49. The van der Waals surface area contributed by atoms with Gasteiger partial charge >= 0.3 is 5.97 Å². The van der Waals surface area contributed by atoms with Crippen molar-refractivity contribution in [2.24, 2.45) is 5.92 Å². The van der Waals surface area contributed by atoms with Gasteiger partial charge in [0.15, 0.2) is 0 Å². The topological polar surface area (TPSA) is 29.5 Å². The highest BCUT2D eigenvalue weighted by atomic mass is 16.5. The van der Waals surface area contributed by atoms with Crippen molar-refractivity contribution in [3.8, 4) is 0 Å². The summed E-state index contributed by atoms with van der Waals surface area (Å²) in [5.74, 6) is 0.376. The second-order valence-corrected chi connectivity index (χ2v) is 7.03. The number of hydrogen-bond acceptors (Lipinski definition) is 3. The lowest BCUT2D eigenvalue weighted by atomic mass is 9.77. The third kappa shape index (κ3) is 4.14. The number of ether oxygens (including phenoxy) is 1. The quantitative estimate of drug-likeness (QED) is 0.770. The van der Waals surface area contributed by atoms with Crippen molar-refractivity contribution in [1.29, 1.82) is 0 Å². The fraction of sp³-hybridized carbons (Fsp3) is 0.650. The number of rotatable bonds is 5. The van der Waals surface area contributed by atoms with Crippen molar-refractivity contribution in [2.75, 3.05) is 19.6 Å². The van der Waals surface area contributed by atoms with Crippen LogP contribution in [-0.4, -0.2) is 36.6 Å². The molecule has 0 spiro atoms. The van der Waals surface area contributed by atoms with Gasteiger partial charge in [-0.05, 0) is 37.3 Å². The average Bonchev–Trinajstić information content (AvgIpc) is 3.04. The Labute approximate surface area is 140 Å². The molecule has 2 fully saturated rings. The number of likely N-dealkylation sites (N-methyl/N-ethyl adjacent to an activating group) is 1. The summed E-state index contributed by atoms with van der Waals surface area (Å²) in [6.45, 7) is 5.15. The Bertz CT molecular complexity index is 496. The summed E-state index contributed by atoms with van der Waals surface area (Å²) in [5.41, 5.74) is 1.13. The molecule has 0 amide bonds. The molecule has 3 rings (SSSR count). The van der Waals surface area contributed by atoms with E-state index in [1.807, 2.05) is 18.2 Å². The van der Waals surface area contributed by atoms with Crippen LogP contribution < -0.4 is 0 Å². The lowest BCUT2D eigenvalue weighted by Crippen LogP contribution is -2.30. The first kappa shape index (κ1) is 16.5. The monoisotopic (exact) mass is 315 g/mol. The first-order valence-corrected chi connectivity index (χ1v) is 9.25. The fourth-order valence-corrected chi connectivity index (χ4v) is 4.15. The van der Waals surface area contributed by atoms with Crippen molar-refractivity contribution in [3.05, 3.63) is 35.9 Å². The van der Waals surface area contributed by atoms with E-state index in [4.69, 9.17) is 4.74 Å². The standard InChI is InChI=1S/C20H29NO2/c1-2-21-14-13-18(15-21)23-20(22)19(16-9-5-3-6-10-16)17-11-7-4-8-12-17/h3,5-6,9-10,17-19H,2,4,7-8,11-15H2,1H3. The molecule has 2 atom stereocenters. The first-order valence-electron chi connectivity index (χ1n) is 9.25. The maximum absolute atomic E-state index is 13.0. The van der Waals surface area contributed by atoms with Gasteiger partial charge in [-0.3, -0.25) is 9.69 Å². The van der Waals surface area contributed by atoms with E-state index >= 15 is 0 Å². The van der Waals surface area contributed by atoms with Crippen LogP contribution in [0.1, 0.15) is 56.9 Å². The SMILES string of the molecule is CCN1CCC(OC(=O)C(c2ccccc2)C2CCCCC2)C1. The van der Waals surface area contributed by atoms with Gasteiger partial charge in [0.05, 0.1) is 5.92 Å². The van der Waals surface area contributed by atoms with Gasteiger partial charge in [0.2, 0.25) is 0 Å². The summed E-state index contributed by atoms with van der Waals surface area (Å²) >= 11 is 0. The van der Waals surface area contributed by atoms with Crippen molar-refractivity contribution < 1.29 is 9.53 Å². The largest absolute Gasteiger partial charge is 0.460 e. The van der Waals surface area contributed by atoms with E-state index in [9.17, 15) is 4.79 Å². The number of nitrogens with zero attached hydrogens (tertiary/aromatic N) is 1. The van der Waals surface area contributed by atoms with Gasteiger partial charge in [0, 0.05) is 13.1 Å². The number of carbonyl (C=O) groups is 1. The van der Waals surface area contributed by atoms with Gasteiger partial charge in [-0.1, -0.05) is 56.5 Å². The van der Waals surface area contributed by atoms with Crippen LogP contribution in [0.4, 0.5) is 0 Å². The lowest BCUT2D eigenvalue weighted by Gasteiger charge is -2.30. The zero-order valence-electron chi connectivity index (χ0n) is 14.2. The molecule has 1 aromatic rings. The molecule has 2 unspecified atom stereocenters. The molecule has 3 nitrogen and oxygen atoms in total.